The van der Waals surface area contributed by atoms with Gasteiger partial charge in [-0.05, 0) is 48.4 Å². The predicted molar refractivity (Wildman–Crippen MR) is 91.7 cm³/mol. The molecule has 0 aromatic heterocycles. The van der Waals surface area contributed by atoms with Gasteiger partial charge < -0.3 is 14.8 Å². The van der Waals surface area contributed by atoms with E-state index in [4.69, 9.17) is 9.47 Å². The molecule has 23 heavy (non-hydrogen) atoms. The van der Waals surface area contributed by atoms with Crippen LogP contribution in [-0.4, -0.2) is 26.2 Å². The number of benzene rings is 2. The van der Waals surface area contributed by atoms with E-state index in [1.165, 1.54) is 6.08 Å². The predicted octanol–water partition coefficient (Wildman–Crippen LogP) is 3.21. The van der Waals surface area contributed by atoms with Crippen molar-refractivity contribution in [2.45, 2.75) is 6.92 Å². The van der Waals surface area contributed by atoms with Gasteiger partial charge in [0.1, 0.15) is 18.1 Å². The van der Waals surface area contributed by atoms with Crippen LogP contribution < -0.4 is 14.8 Å². The van der Waals surface area contributed by atoms with Gasteiger partial charge in [-0.2, -0.15) is 0 Å². The lowest BCUT2D eigenvalue weighted by molar-refractivity contribution is -0.116. The van der Waals surface area contributed by atoms with Crippen LogP contribution in [0.2, 0.25) is 0 Å². The van der Waals surface area contributed by atoms with E-state index >= 15 is 0 Å². The molecule has 4 nitrogen and oxygen atoms in total. The van der Waals surface area contributed by atoms with E-state index in [-0.39, 0.29) is 5.91 Å². The van der Waals surface area contributed by atoms with Gasteiger partial charge in [-0.15, -0.1) is 0 Å². The fourth-order valence-electron chi connectivity index (χ4n) is 2.01. The Morgan fingerprint density at radius 2 is 1.78 bits per heavy atom. The third kappa shape index (κ3) is 5.51. The lowest BCUT2D eigenvalue weighted by Gasteiger charge is -2.07. The minimum atomic E-state index is -0.133. The zero-order valence-corrected chi connectivity index (χ0v) is 13.4. The molecule has 120 valence electrons. The summed E-state index contributed by atoms with van der Waals surface area (Å²) in [5.74, 6) is 1.40. The number of rotatable bonds is 7. The van der Waals surface area contributed by atoms with E-state index in [0.717, 1.165) is 22.6 Å². The standard InChI is InChI=1S/C19H21NO3/c1-15-5-3-4-6-16(15)7-12-19(21)20-13-14-23-18-10-8-17(22-2)9-11-18/h3-12H,13-14H2,1-2H3,(H,20,21)/b12-7+. The van der Waals surface area contributed by atoms with E-state index in [2.05, 4.69) is 5.32 Å². The highest BCUT2D eigenvalue weighted by molar-refractivity contribution is 5.91. The molecule has 0 saturated carbocycles. The van der Waals surface area contributed by atoms with Crippen molar-refractivity contribution >= 4 is 12.0 Å². The Kier molecular flexibility index (Phi) is 6.24. The second kappa shape index (κ2) is 8.63. The number of amides is 1. The molecule has 4 heteroatoms. The Morgan fingerprint density at radius 3 is 2.48 bits per heavy atom. The van der Waals surface area contributed by atoms with Crippen molar-refractivity contribution < 1.29 is 14.3 Å². The van der Waals surface area contributed by atoms with Crippen LogP contribution in [0.4, 0.5) is 0 Å². The lowest BCUT2D eigenvalue weighted by Crippen LogP contribution is -2.26. The molecular formula is C19H21NO3. The van der Waals surface area contributed by atoms with Gasteiger partial charge in [-0.3, -0.25) is 4.79 Å². The van der Waals surface area contributed by atoms with E-state index in [9.17, 15) is 4.79 Å². The third-order valence-corrected chi connectivity index (χ3v) is 3.33. The van der Waals surface area contributed by atoms with Crippen LogP contribution >= 0.6 is 0 Å². The molecule has 2 aromatic carbocycles. The first-order chi connectivity index (χ1) is 11.2. The molecule has 0 radical (unpaired) electrons. The van der Waals surface area contributed by atoms with Gasteiger partial charge >= 0.3 is 0 Å². The van der Waals surface area contributed by atoms with Crippen LogP contribution in [0.5, 0.6) is 11.5 Å². The first-order valence-corrected chi connectivity index (χ1v) is 7.47. The number of nitrogens with one attached hydrogen (secondary N) is 1. The molecule has 0 saturated heterocycles. The van der Waals surface area contributed by atoms with Gasteiger partial charge in [-0.1, -0.05) is 24.3 Å². The van der Waals surface area contributed by atoms with Gasteiger partial charge in [0.05, 0.1) is 13.7 Å². The van der Waals surface area contributed by atoms with E-state index in [1.54, 1.807) is 7.11 Å². The smallest absolute Gasteiger partial charge is 0.244 e. The summed E-state index contributed by atoms with van der Waals surface area (Å²) in [6.07, 6.45) is 3.35. The summed E-state index contributed by atoms with van der Waals surface area (Å²) >= 11 is 0. The molecule has 0 aliphatic heterocycles. The molecular weight excluding hydrogens is 290 g/mol. The molecule has 0 fully saturated rings. The number of ether oxygens (including phenoxy) is 2. The van der Waals surface area contributed by atoms with Crippen molar-refractivity contribution in [1.82, 2.24) is 5.32 Å². The molecule has 1 N–H and O–H groups in total. The highest BCUT2D eigenvalue weighted by atomic mass is 16.5. The van der Waals surface area contributed by atoms with Crippen LogP contribution in [-0.2, 0) is 4.79 Å². The maximum atomic E-state index is 11.8. The van der Waals surface area contributed by atoms with Crippen molar-refractivity contribution in [3.05, 3.63) is 65.7 Å². The number of carbonyl (C=O) groups is 1. The number of hydrogen-bond acceptors (Lipinski definition) is 3. The van der Waals surface area contributed by atoms with Gasteiger partial charge in [0.15, 0.2) is 0 Å². The maximum Gasteiger partial charge on any atom is 0.244 e. The van der Waals surface area contributed by atoms with Crippen LogP contribution in [0.15, 0.2) is 54.6 Å². The largest absolute Gasteiger partial charge is 0.497 e. The maximum absolute atomic E-state index is 11.8. The van der Waals surface area contributed by atoms with E-state index in [1.807, 2.05) is 61.5 Å². The van der Waals surface area contributed by atoms with Crippen molar-refractivity contribution in [3.63, 3.8) is 0 Å². The highest BCUT2D eigenvalue weighted by Gasteiger charge is 1.98. The zero-order chi connectivity index (χ0) is 16.5. The fourth-order valence-corrected chi connectivity index (χ4v) is 2.01. The first kappa shape index (κ1) is 16.6. The van der Waals surface area contributed by atoms with Crippen LogP contribution in [0, 0.1) is 6.92 Å². The molecule has 2 rings (SSSR count). The van der Waals surface area contributed by atoms with Gasteiger partial charge in [0.25, 0.3) is 0 Å². The van der Waals surface area contributed by atoms with Crippen molar-refractivity contribution in [2.75, 3.05) is 20.3 Å². The summed E-state index contributed by atoms with van der Waals surface area (Å²) in [5.41, 5.74) is 2.18. The minimum Gasteiger partial charge on any atom is -0.497 e. The Morgan fingerprint density at radius 1 is 1.09 bits per heavy atom. The summed E-state index contributed by atoms with van der Waals surface area (Å²) in [4.78, 5) is 11.8. The quantitative estimate of drug-likeness (QED) is 0.631. The van der Waals surface area contributed by atoms with Crippen molar-refractivity contribution in [1.29, 1.82) is 0 Å². The molecule has 0 unspecified atom stereocenters. The van der Waals surface area contributed by atoms with Gasteiger partial charge in [0.2, 0.25) is 5.91 Å². The first-order valence-electron chi connectivity index (χ1n) is 7.47. The Labute approximate surface area is 136 Å². The monoisotopic (exact) mass is 311 g/mol. The third-order valence-electron chi connectivity index (χ3n) is 3.33. The van der Waals surface area contributed by atoms with Crippen LogP contribution in [0.25, 0.3) is 6.08 Å². The molecule has 0 bridgehead atoms. The molecule has 0 spiro atoms. The van der Waals surface area contributed by atoms with Gasteiger partial charge in [-0.25, -0.2) is 0 Å². The Balaban J connectivity index is 1.71. The van der Waals surface area contributed by atoms with Crippen molar-refractivity contribution in [2.24, 2.45) is 0 Å². The second-order valence-corrected chi connectivity index (χ2v) is 5.00. The number of aryl methyl sites for hydroxylation is 1. The minimum absolute atomic E-state index is 0.133. The Hall–Kier alpha value is -2.75. The second-order valence-electron chi connectivity index (χ2n) is 5.00. The van der Waals surface area contributed by atoms with Gasteiger partial charge in [0, 0.05) is 6.08 Å². The SMILES string of the molecule is COc1ccc(OCCNC(=O)/C=C/c2ccccc2C)cc1. The lowest BCUT2D eigenvalue weighted by atomic mass is 10.1. The molecule has 2 aromatic rings. The van der Waals surface area contributed by atoms with Crippen LogP contribution in [0.1, 0.15) is 11.1 Å². The molecule has 0 aliphatic carbocycles. The molecule has 0 atom stereocenters. The summed E-state index contributed by atoms with van der Waals surface area (Å²) in [5, 5.41) is 2.79. The topological polar surface area (TPSA) is 47.6 Å². The highest BCUT2D eigenvalue weighted by Crippen LogP contribution is 2.16. The molecule has 0 heterocycles. The molecule has 0 aliphatic rings. The zero-order valence-electron chi connectivity index (χ0n) is 13.4. The summed E-state index contributed by atoms with van der Waals surface area (Å²) in [6.45, 7) is 2.87. The molecule has 1 amide bonds. The number of hydrogen-bond donors (Lipinski definition) is 1. The average molecular weight is 311 g/mol. The normalized spacial score (nSPS) is 10.5. The Bertz CT molecular complexity index is 663. The fraction of sp³-hybridized carbons (Fsp3) is 0.211. The summed E-state index contributed by atoms with van der Waals surface area (Å²) in [6, 6.07) is 15.2. The van der Waals surface area contributed by atoms with Crippen LogP contribution in [0.3, 0.4) is 0 Å². The summed E-state index contributed by atoms with van der Waals surface area (Å²) < 4.78 is 10.6. The van der Waals surface area contributed by atoms with Crippen molar-refractivity contribution in [3.8, 4) is 11.5 Å². The summed E-state index contributed by atoms with van der Waals surface area (Å²) in [7, 11) is 1.62. The van der Waals surface area contributed by atoms with E-state index < -0.39 is 0 Å². The number of methoxy groups -OCH3 is 1. The number of carbonyl (C=O) groups excluding carboxylic acids is 1. The average Bonchev–Trinajstić information content (AvgIpc) is 2.58. The van der Waals surface area contributed by atoms with E-state index in [0.29, 0.717) is 13.2 Å².